The van der Waals surface area contributed by atoms with Gasteiger partial charge in [-0.15, -0.1) is 0 Å². The molecule has 2 N–H and O–H groups in total. The quantitative estimate of drug-likeness (QED) is 0.849. The first kappa shape index (κ1) is 11.2. The van der Waals surface area contributed by atoms with E-state index < -0.39 is 5.97 Å². The van der Waals surface area contributed by atoms with Crippen LogP contribution in [-0.2, 0) is 0 Å². The molecule has 0 aromatic carbocycles. The molecule has 2 rings (SSSR count). The Bertz CT molecular complexity index is 422. The second-order valence-electron chi connectivity index (χ2n) is 4.21. The van der Waals surface area contributed by atoms with E-state index in [0.717, 1.165) is 12.5 Å². The zero-order chi connectivity index (χ0) is 11.7. The molecule has 0 aliphatic heterocycles. The molecule has 1 aromatic heterocycles. The van der Waals surface area contributed by atoms with E-state index in [0.29, 0.717) is 16.8 Å². The number of aromatic carboxylic acids is 1. The van der Waals surface area contributed by atoms with Gasteiger partial charge in [-0.25, -0.2) is 9.78 Å². The molecule has 1 aromatic rings. The molecule has 0 bridgehead atoms. The van der Waals surface area contributed by atoms with E-state index >= 15 is 0 Å². The van der Waals surface area contributed by atoms with Crippen LogP contribution in [0.4, 0.5) is 5.82 Å². The van der Waals surface area contributed by atoms with E-state index in [-0.39, 0.29) is 5.56 Å². The van der Waals surface area contributed by atoms with Gasteiger partial charge in [0.2, 0.25) is 0 Å². The number of halogens is 1. The summed E-state index contributed by atoms with van der Waals surface area (Å²) in [5.74, 6) is 1.00. The van der Waals surface area contributed by atoms with E-state index in [4.69, 9.17) is 16.7 Å². The maximum atomic E-state index is 10.7. The van der Waals surface area contributed by atoms with Crippen molar-refractivity contribution < 1.29 is 9.90 Å². The minimum Gasteiger partial charge on any atom is -0.478 e. The van der Waals surface area contributed by atoms with Gasteiger partial charge in [-0.1, -0.05) is 18.5 Å². The number of carboxylic acids is 1. The summed E-state index contributed by atoms with van der Waals surface area (Å²) < 4.78 is 0. The van der Waals surface area contributed by atoms with E-state index in [1.54, 1.807) is 0 Å². The molecule has 0 radical (unpaired) electrons. The Labute approximate surface area is 98.6 Å². The van der Waals surface area contributed by atoms with Crippen LogP contribution in [-0.4, -0.2) is 22.6 Å². The van der Waals surface area contributed by atoms with Gasteiger partial charge in [0, 0.05) is 12.7 Å². The summed E-state index contributed by atoms with van der Waals surface area (Å²) in [7, 11) is 0. The molecule has 86 valence electrons. The molecule has 2 unspecified atom stereocenters. The lowest BCUT2D eigenvalue weighted by Gasteiger charge is -2.07. The van der Waals surface area contributed by atoms with Gasteiger partial charge in [-0.2, -0.15) is 0 Å². The summed E-state index contributed by atoms with van der Waals surface area (Å²) in [6.07, 6.45) is 2.55. The molecule has 4 nitrogen and oxygen atoms in total. The number of pyridine rings is 1. The third-order valence-electron chi connectivity index (χ3n) is 2.90. The van der Waals surface area contributed by atoms with Crippen LogP contribution < -0.4 is 5.32 Å². The normalized spacial score (nSPS) is 22.9. The van der Waals surface area contributed by atoms with Crippen molar-refractivity contribution in [3.8, 4) is 0 Å². The summed E-state index contributed by atoms with van der Waals surface area (Å²) in [5.41, 5.74) is 0.107. The number of carbonyl (C=O) groups is 1. The van der Waals surface area contributed by atoms with Crippen molar-refractivity contribution in [3.05, 3.63) is 22.8 Å². The summed E-state index contributed by atoms with van der Waals surface area (Å²) >= 11 is 5.93. The van der Waals surface area contributed by atoms with Crippen LogP contribution in [0.25, 0.3) is 0 Å². The van der Waals surface area contributed by atoms with Crippen molar-refractivity contribution >= 4 is 23.4 Å². The van der Waals surface area contributed by atoms with Gasteiger partial charge in [0.15, 0.2) is 0 Å². The van der Waals surface area contributed by atoms with Gasteiger partial charge in [0.05, 0.1) is 10.6 Å². The summed E-state index contributed by atoms with van der Waals surface area (Å²) in [5, 5.41) is 12.2. The van der Waals surface area contributed by atoms with Crippen LogP contribution in [0.2, 0.25) is 5.02 Å². The number of rotatable bonds is 4. The van der Waals surface area contributed by atoms with E-state index in [1.807, 2.05) is 0 Å². The van der Waals surface area contributed by atoms with Gasteiger partial charge in [0.1, 0.15) is 5.82 Å². The van der Waals surface area contributed by atoms with Crippen LogP contribution in [0.15, 0.2) is 12.3 Å². The lowest BCUT2D eigenvalue weighted by Crippen LogP contribution is -2.07. The molecule has 0 saturated heterocycles. The Morgan fingerprint density at radius 3 is 2.94 bits per heavy atom. The van der Waals surface area contributed by atoms with Crippen molar-refractivity contribution in [2.75, 3.05) is 11.9 Å². The molecule has 0 amide bonds. The average molecular weight is 241 g/mol. The number of anilines is 1. The van der Waals surface area contributed by atoms with Gasteiger partial charge in [-0.3, -0.25) is 0 Å². The van der Waals surface area contributed by atoms with Crippen molar-refractivity contribution in [1.29, 1.82) is 0 Å². The van der Waals surface area contributed by atoms with E-state index in [1.165, 1.54) is 18.7 Å². The zero-order valence-corrected chi connectivity index (χ0v) is 9.66. The first-order valence-corrected chi connectivity index (χ1v) is 5.58. The second-order valence-corrected chi connectivity index (χ2v) is 4.62. The highest BCUT2D eigenvalue weighted by Gasteiger charge is 2.32. The monoisotopic (exact) mass is 240 g/mol. The predicted molar refractivity (Wildman–Crippen MR) is 62.0 cm³/mol. The summed E-state index contributed by atoms with van der Waals surface area (Å²) in [6, 6.07) is 1.41. The molecular formula is C11H13ClN2O2. The first-order chi connectivity index (χ1) is 7.58. The van der Waals surface area contributed by atoms with Gasteiger partial charge >= 0.3 is 5.97 Å². The zero-order valence-electron chi connectivity index (χ0n) is 8.90. The SMILES string of the molecule is CC1CC1CNc1ncc(C(=O)O)cc1Cl. The van der Waals surface area contributed by atoms with E-state index in [9.17, 15) is 4.79 Å². The Kier molecular flexibility index (Phi) is 3.01. The minimum absolute atomic E-state index is 0.107. The molecule has 1 saturated carbocycles. The molecule has 1 aliphatic carbocycles. The molecule has 1 heterocycles. The minimum atomic E-state index is -1.02. The predicted octanol–water partition coefficient (Wildman–Crippen LogP) is 2.50. The smallest absolute Gasteiger partial charge is 0.337 e. The number of nitrogens with one attached hydrogen (secondary N) is 1. The average Bonchev–Trinajstić information content (AvgIpc) is 2.92. The molecule has 1 aliphatic rings. The Morgan fingerprint density at radius 2 is 2.44 bits per heavy atom. The first-order valence-electron chi connectivity index (χ1n) is 5.20. The fourth-order valence-corrected chi connectivity index (χ4v) is 1.83. The summed E-state index contributed by atoms with van der Waals surface area (Å²) in [4.78, 5) is 14.7. The fraction of sp³-hybridized carbons (Fsp3) is 0.455. The van der Waals surface area contributed by atoms with Gasteiger partial charge in [-0.05, 0) is 24.3 Å². The van der Waals surface area contributed by atoms with Crippen LogP contribution in [0.3, 0.4) is 0 Å². The molecule has 2 atom stereocenters. The largest absolute Gasteiger partial charge is 0.478 e. The van der Waals surface area contributed by atoms with Crippen LogP contribution >= 0.6 is 11.6 Å². The number of nitrogens with zero attached hydrogens (tertiary/aromatic N) is 1. The standard InChI is InChI=1S/C11H13ClN2O2/c1-6-2-7(6)4-13-10-9(12)3-8(5-14-10)11(15)16/h3,5-7H,2,4H2,1H3,(H,13,14)(H,15,16). The second kappa shape index (κ2) is 4.29. The van der Waals surface area contributed by atoms with Crippen LogP contribution in [0, 0.1) is 11.8 Å². The van der Waals surface area contributed by atoms with Crippen molar-refractivity contribution in [2.45, 2.75) is 13.3 Å². The third kappa shape index (κ3) is 2.44. The number of carboxylic acid groups (broad SMARTS) is 1. The maximum Gasteiger partial charge on any atom is 0.337 e. The molecule has 16 heavy (non-hydrogen) atoms. The van der Waals surface area contributed by atoms with Crippen molar-refractivity contribution in [1.82, 2.24) is 4.98 Å². The van der Waals surface area contributed by atoms with Crippen molar-refractivity contribution in [2.24, 2.45) is 11.8 Å². The highest BCUT2D eigenvalue weighted by molar-refractivity contribution is 6.33. The topological polar surface area (TPSA) is 62.2 Å². The highest BCUT2D eigenvalue weighted by Crippen LogP contribution is 2.37. The van der Waals surface area contributed by atoms with Gasteiger partial charge in [0.25, 0.3) is 0 Å². The fourth-order valence-electron chi connectivity index (χ4n) is 1.60. The highest BCUT2D eigenvalue weighted by atomic mass is 35.5. The molecule has 0 spiro atoms. The van der Waals surface area contributed by atoms with Crippen LogP contribution in [0.1, 0.15) is 23.7 Å². The summed E-state index contributed by atoms with van der Waals surface area (Å²) in [6.45, 7) is 3.05. The molecule has 1 fully saturated rings. The number of hydrogen-bond acceptors (Lipinski definition) is 3. The third-order valence-corrected chi connectivity index (χ3v) is 3.18. The van der Waals surface area contributed by atoms with E-state index in [2.05, 4.69) is 17.2 Å². The lowest BCUT2D eigenvalue weighted by atomic mass is 10.3. The Morgan fingerprint density at radius 1 is 1.75 bits per heavy atom. The van der Waals surface area contributed by atoms with Gasteiger partial charge < -0.3 is 10.4 Å². The Balaban J connectivity index is 2.01. The van der Waals surface area contributed by atoms with Crippen molar-refractivity contribution in [3.63, 3.8) is 0 Å². The number of aromatic nitrogens is 1. The lowest BCUT2D eigenvalue weighted by molar-refractivity contribution is 0.0696. The van der Waals surface area contributed by atoms with Crippen LogP contribution in [0.5, 0.6) is 0 Å². The molecule has 5 heteroatoms. The Hall–Kier alpha value is -1.29. The molecular weight excluding hydrogens is 228 g/mol. The number of hydrogen-bond donors (Lipinski definition) is 2. The maximum absolute atomic E-state index is 10.7.